The van der Waals surface area contributed by atoms with Crippen molar-refractivity contribution >= 4 is 12.0 Å². The molecule has 26 heavy (non-hydrogen) atoms. The summed E-state index contributed by atoms with van der Waals surface area (Å²) in [5.41, 5.74) is 7.60. The highest BCUT2D eigenvalue weighted by Crippen LogP contribution is 2.28. The van der Waals surface area contributed by atoms with Gasteiger partial charge < -0.3 is 15.5 Å². The zero-order valence-electron chi connectivity index (χ0n) is 14.8. The quantitative estimate of drug-likeness (QED) is 0.877. The number of nitrogens with two attached hydrogens (primary N) is 1. The Labute approximate surface area is 153 Å². The summed E-state index contributed by atoms with van der Waals surface area (Å²) in [5.74, 6) is 0.723. The molecule has 2 atom stereocenters. The van der Waals surface area contributed by atoms with Crippen molar-refractivity contribution in [3.63, 3.8) is 0 Å². The second-order valence-corrected chi connectivity index (χ2v) is 7.23. The molecule has 4 rings (SSSR count). The standard InChI is InChI=1S/C19H24N6O/c20-11-14-5-1-2-6-15(14)12-25-18(23-9-3-7-16(21)13-23)22-17-8-4-10-24(17)19(25)26/h1-2,5-6,16-17H,3-4,7-10,12-13,21H2/t16-,17?/m1/s1. The number of hydrogen-bond donors (Lipinski definition) is 1. The van der Waals surface area contributed by atoms with E-state index in [2.05, 4.69) is 11.0 Å². The van der Waals surface area contributed by atoms with E-state index in [9.17, 15) is 10.1 Å². The molecule has 2 N–H and O–H groups in total. The molecule has 1 aromatic carbocycles. The van der Waals surface area contributed by atoms with Crippen LogP contribution >= 0.6 is 0 Å². The van der Waals surface area contributed by atoms with E-state index in [-0.39, 0.29) is 18.2 Å². The maximum absolute atomic E-state index is 13.2. The number of rotatable bonds is 2. The number of nitriles is 1. The molecule has 0 aromatic heterocycles. The van der Waals surface area contributed by atoms with Crippen LogP contribution < -0.4 is 5.73 Å². The predicted molar refractivity (Wildman–Crippen MR) is 98.0 cm³/mol. The van der Waals surface area contributed by atoms with E-state index >= 15 is 0 Å². The van der Waals surface area contributed by atoms with Gasteiger partial charge in [0.25, 0.3) is 0 Å². The Balaban J connectivity index is 1.68. The third-order valence-electron chi connectivity index (χ3n) is 5.41. The Morgan fingerprint density at radius 3 is 2.85 bits per heavy atom. The first-order valence-electron chi connectivity index (χ1n) is 9.32. The second-order valence-electron chi connectivity index (χ2n) is 7.23. The Morgan fingerprint density at radius 2 is 2.04 bits per heavy atom. The van der Waals surface area contributed by atoms with Gasteiger partial charge in [0.2, 0.25) is 5.96 Å². The van der Waals surface area contributed by atoms with E-state index in [0.717, 1.165) is 56.8 Å². The zero-order valence-corrected chi connectivity index (χ0v) is 14.8. The lowest BCUT2D eigenvalue weighted by molar-refractivity contribution is 0.148. The summed E-state index contributed by atoms with van der Waals surface area (Å²) in [5, 5.41) is 9.39. The number of guanidine groups is 1. The summed E-state index contributed by atoms with van der Waals surface area (Å²) >= 11 is 0. The van der Waals surface area contributed by atoms with E-state index < -0.39 is 0 Å². The van der Waals surface area contributed by atoms with E-state index in [0.29, 0.717) is 12.1 Å². The van der Waals surface area contributed by atoms with Gasteiger partial charge in [-0.1, -0.05) is 18.2 Å². The highest BCUT2D eigenvalue weighted by molar-refractivity contribution is 5.98. The van der Waals surface area contributed by atoms with Gasteiger partial charge >= 0.3 is 6.03 Å². The lowest BCUT2D eigenvalue weighted by Crippen LogP contribution is -2.59. The highest BCUT2D eigenvalue weighted by Gasteiger charge is 2.40. The first kappa shape index (κ1) is 16.9. The molecule has 2 amide bonds. The van der Waals surface area contributed by atoms with Crippen LogP contribution in [0.1, 0.15) is 36.8 Å². The Kier molecular flexibility index (Phi) is 4.51. The van der Waals surface area contributed by atoms with Crippen LogP contribution in [0.15, 0.2) is 29.3 Å². The molecule has 0 aliphatic carbocycles. The maximum Gasteiger partial charge on any atom is 0.328 e. The largest absolute Gasteiger partial charge is 0.341 e. The minimum Gasteiger partial charge on any atom is -0.341 e. The number of hydrogen-bond acceptors (Lipinski definition) is 5. The number of carbonyl (C=O) groups is 1. The predicted octanol–water partition coefficient (Wildman–Crippen LogP) is 1.69. The van der Waals surface area contributed by atoms with Crippen LogP contribution in [-0.2, 0) is 6.54 Å². The summed E-state index contributed by atoms with van der Waals surface area (Å²) in [6.07, 6.45) is 3.85. The van der Waals surface area contributed by atoms with Gasteiger partial charge in [0.1, 0.15) is 6.17 Å². The third-order valence-corrected chi connectivity index (χ3v) is 5.41. The highest BCUT2D eigenvalue weighted by atomic mass is 16.2. The first-order chi connectivity index (χ1) is 12.7. The van der Waals surface area contributed by atoms with Crippen molar-refractivity contribution in [3.8, 4) is 6.07 Å². The number of amides is 2. The SMILES string of the molecule is N#Cc1ccccc1CN1C(=O)N2CCCC2N=C1N1CCC[C@@H](N)C1. The molecule has 0 bridgehead atoms. The van der Waals surface area contributed by atoms with Crippen LogP contribution in [0.25, 0.3) is 0 Å². The summed E-state index contributed by atoms with van der Waals surface area (Å²) in [6.45, 7) is 2.69. The van der Waals surface area contributed by atoms with E-state index in [1.165, 1.54) is 0 Å². The van der Waals surface area contributed by atoms with Gasteiger partial charge in [0.15, 0.2) is 0 Å². The summed E-state index contributed by atoms with van der Waals surface area (Å²) in [7, 11) is 0. The number of carbonyl (C=O) groups excluding carboxylic acids is 1. The molecule has 0 radical (unpaired) electrons. The van der Waals surface area contributed by atoms with Crippen LogP contribution in [0.4, 0.5) is 4.79 Å². The fraction of sp³-hybridized carbons (Fsp3) is 0.526. The van der Waals surface area contributed by atoms with Crippen molar-refractivity contribution in [1.82, 2.24) is 14.7 Å². The van der Waals surface area contributed by atoms with Crippen LogP contribution in [-0.4, -0.2) is 58.5 Å². The first-order valence-corrected chi connectivity index (χ1v) is 9.32. The van der Waals surface area contributed by atoms with Crippen molar-refractivity contribution in [2.24, 2.45) is 10.7 Å². The number of aliphatic imine (C=N–C) groups is 1. The number of urea groups is 1. The summed E-state index contributed by atoms with van der Waals surface area (Å²) in [4.78, 5) is 23.8. The van der Waals surface area contributed by atoms with Crippen LogP contribution in [0, 0.1) is 11.3 Å². The van der Waals surface area contributed by atoms with Gasteiger partial charge in [0.05, 0.1) is 18.2 Å². The summed E-state index contributed by atoms with van der Waals surface area (Å²) in [6, 6.07) is 9.75. The molecule has 7 heteroatoms. The topological polar surface area (TPSA) is 89.0 Å². The number of piperidine rings is 1. The zero-order chi connectivity index (χ0) is 18.1. The van der Waals surface area contributed by atoms with Gasteiger partial charge in [-0.2, -0.15) is 5.26 Å². The molecule has 3 heterocycles. The van der Waals surface area contributed by atoms with Crippen LogP contribution in [0.2, 0.25) is 0 Å². The molecule has 0 saturated carbocycles. The van der Waals surface area contributed by atoms with Crippen molar-refractivity contribution < 1.29 is 4.79 Å². The molecule has 136 valence electrons. The van der Waals surface area contributed by atoms with E-state index in [4.69, 9.17) is 10.7 Å². The van der Waals surface area contributed by atoms with E-state index in [1.807, 2.05) is 23.1 Å². The monoisotopic (exact) mass is 352 g/mol. The van der Waals surface area contributed by atoms with E-state index in [1.54, 1.807) is 11.0 Å². The van der Waals surface area contributed by atoms with Gasteiger partial charge in [-0.15, -0.1) is 0 Å². The van der Waals surface area contributed by atoms with Crippen molar-refractivity contribution in [1.29, 1.82) is 5.26 Å². The molecule has 7 nitrogen and oxygen atoms in total. The normalized spacial score (nSPS) is 25.8. The molecule has 3 aliphatic rings. The molecule has 0 spiro atoms. The van der Waals surface area contributed by atoms with Gasteiger partial charge in [-0.05, 0) is 37.3 Å². The second kappa shape index (κ2) is 6.96. The van der Waals surface area contributed by atoms with Gasteiger partial charge in [-0.3, -0.25) is 4.90 Å². The maximum atomic E-state index is 13.2. The smallest absolute Gasteiger partial charge is 0.328 e. The van der Waals surface area contributed by atoms with Crippen LogP contribution in [0.3, 0.4) is 0 Å². The average Bonchev–Trinajstić information content (AvgIpc) is 3.13. The fourth-order valence-electron chi connectivity index (χ4n) is 4.07. The minimum atomic E-state index is -0.0573. The number of nitrogens with zero attached hydrogens (tertiary/aromatic N) is 5. The van der Waals surface area contributed by atoms with Crippen molar-refractivity contribution in [2.45, 2.75) is 44.4 Å². The third kappa shape index (κ3) is 3.01. The minimum absolute atomic E-state index is 0.00983. The molecule has 3 aliphatic heterocycles. The lowest BCUT2D eigenvalue weighted by atomic mass is 10.1. The molecule has 2 fully saturated rings. The van der Waals surface area contributed by atoms with Crippen molar-refractivity contribution in [2.75, 3.05) is 19.6 Å². The molecular formula is C19H24N6O. The lowest BCUT2D eigenvalue weighted by Gasteiger charge is -2.42. The van der Waals surface area contributed by atoms with Crippen LogP contribution in [0.5, 0.6) is 0 Å². The molecule has 1 aromatic rings. The van der Waals surface area contributed by atoms with Gasteiger partial charge in [0, 0.05) is 25.7 Å². The number of benzene rings is 1. The molecule has 1 unspecified atom stereocenters. The molecular weight excluding hydrogens is 328 g/mol. The van der Waals surface area contributed by atoms with Gasteiger partial charge in [-0.25, -0.2) is 9.79 Å². The fourth-order valence-corrected chi connectivity index (χ4v) is 4.07. The molecule has 2 saturated heterocycles. The summed E-state index contributed by atoms with van der Waals surface area (Å²) < 4.78 is 0. The number of likely N-dealkylation sites (tertiary alicyclic amines) is 1. The van der Waals surface area contributed by atoms with Crippen molar-refractivity contribution in [3.05, 3.63) is 35.4 Å². The average molecular weight is 352 g/mol. The number of fused-ring (bicyclic) bond motifs is 1. The Hall–Kier alpha value is -2.59. The Morgan fingerprint density at radius 1 is 1.23 bits per heavy atom. The Bertz CT molecular complexity index is 770.